The van der Waals surface area contributed by atoms with Gasteiger partial charge in [0.2, 0.25) is 0 Å². The summed E-state index contributed by atoms with van der Waals surface area (Å²) < 4.78 is 5.50. The Hall–Kier alpha value is 5.92. The van der Waals surface area contributed by atoms with E-state index in [4.69, 9.17) is 9.84 Å². The average Bonchev–Trinajstić information content (AvgIpc) is 2.50. The summed E-state index contributed by atoms with van der Waals surface area (Å²) in [6.07, 6.45) is -3.38. The fourth-order valence-electron chi connectivity index (χ4n) is 2.54. The summed E-state index contributed by atoms with van der Waals surface area (Å²) in [5, 5.41) is 38.7. The van der Waals surface area contributed by atoms with Crippen LogP contribution in [0.25, 0.3) is 0 Å². The minimum atomic E-state index is -1.28. The van der Waals surface area contributed by atoms with Gasteiger partial charge in [-0.3, -0.25) is 0 Å². The number of rotatable bonds is 7. The second-order valence-corrected chi connectivity index (χ2v) is 7.38. The van der Waals surface area contributed by atoms with Crippen molar-refractivity contribution in [2.24, 2.45) is 17.8 Å². The van der Waals surface area contributed by atoms with E-state index in [2.05, 4.69) is 27.7 Å². The molecule has 0 bridgehead atoms. The maximum atomic E-state index is 9.99. The third kappa shape index (κ3) is 12.7. The summed E-state index contributed by atoms with van der Waals surface area (Å²) in [7, 11) is 0. The van der Waals surface area contributed by atoms with Crippen molar-refractivity contribution in [1.29, 1.82) is 0 Å². The molecule has 0 aliphatic carbocycles. The van der Waals surface area contributed by atoms with E-state index in [1.54, 1.807) is 0 Å². The molecule has 1 fully saturated rings. The second-order valence-electron chi connectivity index (χ2n) is 6.25. The van der Waals surface area contributed by atoms with E-state index in [-0.39, 0.29) is 183 Å². The Balaban J connectivity index is -0.000000551. The molecule has 8 atom stereocenters. The van der Waals surface area contributed by atoms with Crippen LogP contribution in [0.3, 0.4) is 0 Å². The molecular formula is C15H30Ac4O5S. The Morgan fingerprint density at radius 2 is 1.40 bits per heavy atom. The molecule has 1 heterocycles. The molecule has 0 aromatic rings. The third-order valence-corrected chi connectivity index (χ3v) is 6.25. The zero-order valence-corrected chi connectivity index (χ0v) is 35.5. The summed E-state index contributed by atoms with van der Waals surface area (Å²) in [6, 6.07) is 0. The van der Waals surface area contributed by atoms with Gasteiger partial charge >= 0.3 is 0 Å². The van der Waals surface area contributed by atoms with Gasteiger partial charge in [0.1, 0.15) is 29.9 Å². The molecule has 1 aliphatic rings. The predicted octanol–water partition coefficient (Wildman–Crippen LogP) is 0.838. The standard InChI is InChI=1S/C15H30O5S.4Ac/c1-5-8(2)10(4)9(3)7-21-15-14(19)13(18)12(17)11(6-16)20-15;;;;/h8-19H,5-7H2,1-4H3;;;;/t8-,9+,10-,11?,12+,13+,14?,15+;;;;/m1..../s1. The van der Waals surface area contributed by atoms with Crippen LogP contribution in [0.5, 0.6) is 0 Å². The summed E-state index contributed by atoms with van der Waals surface area (Å²) >= 11 is 1.44. The molecule has 0 saturated carbocycles. The predicted molar refractivity (Wildman–Crippen MR) is 84.0 cm³/mol. The van der Waals surface area contributed by atoms with Gasteiger partial charge in [0.15, 0.2) is 0 Å². The molecule has 10 heteroatoms. The Bertz CT molecular complexity index is 318. The summed E-state index contributed by atoms with van der Waals surface area (Å²) in [5.74, 6) is 2.45. The van der Waals surface area contributed by atoms with Crippen molar-refractivity contribution in [1.82, 2.24) is 0 Å². The van der Waals surface area contributed by atoms with Crippen LogP contribution >= 0.6 is 11.8 Å². The van der Waals surface area contributed by atoms with Crippen molar-refractivity contribution in [3.05, 3.63) is 0 Å². The van der Waals surface area contributed by atoms with Crippen molar-refractivity contribution in [2.45, 2.75) is 64.0 Å². The first-order valence-electron chi connectivity index (χ1n) is 7.75. The Morgan fingerprint density at radius 3 is 1.84 bits per heavy atom. The summed E-state index contributed by atoms with van der Waals surface area (Å²) in [5.41, 5.74) is -0.618. The van der Waals surface area contributed by atoms with Gasteiger partial charge in [-0.2, -0.15) is 0 Å². The Labute approximate surface area is 299 Å². The molecule has 25 heavy (non-hydrogen) atoms. The first-order valence-corrected chi connectivity index (χ1v) is 8.80. The fourth-order valence-corrected chi connectivity index (χ4v) is 3.91. The maximum absolute atomic E-state index is 9.99. The molecule has 1 aliphatic heterocycles. The van der Waals surface area contributed by atoms with Gasteiger partial charge in [0.25, 0.3) is 0 Å². The number of hydrogen-bond donors (Lipinski definition) is 4. The van der Waals surface area contributed by atoms with Crippen LogP contribution in [0, 0.1) is 194 Å². The molecule has 0 aromatic heterocycles. The molecule has 2 unspecified atom stereocenters. The van der Waals surface area contributed by atoms with E-state index in [0.29, 0.717) is 17.8 Å². The van der Waals surface area contributed by atoms with Gasteiger partial charge in [0, 0.05) is 176 Å². The number of aliphatic hydroxyl groups excluding tert-OH is 4. The molecule has 4 radical (unpaired) electrons. The zero-order valence-electron chi connectivity index (χ0n) is 15.7. The monoisotopic (exact) mass is 1230 g/mol. The molecule has 0 amide bonds. The average molecular weight is 1230 g/mol. The molecule has 5 nitrogen and oxygen atoms in total. The minimum absolute atomic E-state index is 0. The van der Waals surface area contributed by atoms with Crippen molar-refractivity contribution in [2.75, 3.05) is 12.4 Å². The first kappa shape index (κ1) is 38.2. The van der Waals surface area contributed by atoms with Crippen molar-refractivity contribution in [3.63, 3.8) is 0 Å². The largest absolute Gasteiger partial charge is 0.394 e. The van der Waals surface area contributed by atoms with Crippen LogP contribution in [0.1, 0.15) is 34.1 Å². The van der Waals surface area contributed by atoms with Crippen molar-refractivity contribution < 1.29 is 201 Å². The zero-order chi connectivity index (χ0) is 16.2. The van der Waals surface area contributed by atoms with E-state index in [0.717, 1.165) is 12.2 Å². The van der Waals surface area contributed by atoms with Gasteiger partial charge in [-0.1, -0.05) is 34.1 Å². The number of hydrogen-bond acceptors (Lipinski definition) is 6. The fraction of sp³-hybridized carbons (Fsp3) is 1.00. The van der Waals surface area contributed by atoms with Crippen molar-refractivity contribution >= 4 is 11.8 Å². The Kier molecular flexibility index (Phi) is 31.3. The number of ether oxygens (including phenoxy) is 1. The Morgan fingerprint density at radius 1 is 0.880 bits per heavy atom. The van der Waals surface area contributed by atoms with Crippen LogP contribution < -0.4 is 0 Å². The number of aliphatic hydroxyl groups is 4. The van der Waals surface area contributed by atoms with Crippen molar-refractivity contribution in [3.8, 4) is 0 Å². The third-order valence-electron chi connectivity index (χ3n) is 4.81. The summed E-state index contributed by atoms with van der Waals surface area (Å²) in [4.78, 5) is 0. The SMILES string of the molecule is CC[C@@H](C)[C@@H](C)[C@@H](C)CS[C@@H]1OC(CO)[C@H](O)[C@H](O)C1O.[Ac].[Ac].[Ac].[Ac]. The normalized spacial score (nSPS) is 31.9. The van der Waals surface area contributed by atoms with Crippen LogP contribution in [0.4, 0.5) is 0 Å². The second kappa shape index (κ2) is 20.5. The van der Waals surface area contributed by atoms with Gasteiger partial charge in [-0.05, 0) is 23.5 Å². The van der Waals surface area contributed by atoms with E-state index in [1.165, 1.54) is 11.8 Å². The molecule has 138 valence electrons. The smallest absolute Gasteiger partial charge is 0.132 e. The van der Waals surface area contributed by atoms with E-state index >= 15 is 0 Å². The van der Waals surface area contributed by atoms with E-state index in [9.17, 15) is 15.3 Å². The van der Waals surface area contributed by atoms with Crippen LogP contribution in [0.2, 0.25) is 0 Å². The molecule has 0 aromatic carbocycles. The van der Waals surface area contributed by atoms with Crippen LogP contribution in [0.15, 0.2) is 0 Å². The molecule has 4 N–H and O–H groups in total. The van der Waals surface area contributed by atoms with Crippen LogP contribution in [-0.2, 0) is 4.74 Å². The van der Waals surface area contributed by atoms with Crippen LogP contribution in [-0.4, -0.2) is 62.6 Å². The van der Waals surface area contributed by atoms with Gasteiger partial charge in [-0.15, -0.1) is 11.8 Å². The summed E-state index contributed by atoms with van der Waals surface area (Å²) in [6.45, 7) is 8.44. The maximum Gasteiger partial charge on any atom is 0.132 e. The first-order chi connectivity index (χ1) is 9.83. The quantitative estimate of drug-likeness (QED) is 0.303. The van der Waals surface area contributed by atoms with E-state index in [1.807, 2.05) is 0 Å². The molecule has 0 spiro atoms. The molecule has 1 saturated heterocycles. The molecular weight excluding hydrogens is 1200 g/mol. The van der Waals surface area contributed by atoms with Gasteiger partial charge < -0.3 is 25.2 Å². The minimum Gasteiger partial charge on any atom is -0.394 e. The molecule has 1 rings (SSSR count). The topological polar surface area (TPSA) is 90.2 Å². The van der Waals surface area contributed by atoms with Gasteiger partial charge in [-0.25, -0.2) is 0 Å². The van der Waals surface area contributed by atoms with Gasteiger partial charge in [0.05, 0.1) is 6.61 Å². The number of thioether (sulfide) groups is 1. The van der Waals surface area contributed by atoms with E-state index < -0.39 is 29.9 Å².